The van der Waals surface area contributed by atoms with Gasteiger partial charge >= 0.3 is 0 Å². The molecular weight excluding hydrogens is 374 g/mol. The fourth-order valence-electron chi connectivity index (χ4n) is 3.72. The fraction of sp³-hybridized carbons (Fsp3) is 0.409. The summed E-state index contributed by atoms with van der Waals surface area (Å²) in [6, 6.07) is 14.3. The molecule has 6 heteroatoms. The maximum Gasteiger partial charge on any atom is 0.255 e. The summed E-state index contributed by atoms with van der Waals surface area (Å²) in [4.78, 5) is 17.2. The third-order valence-electron chi connectivity index (χ3n) is 5.43. The van der Waals surface area contributed by atoms with Crippen LogP contribution >= 0.6 is 11.6 Å². The van der Waals surface area contributed by atoms with Gasteiger partial charge in [0.25, 0.3) is 5.91 Å². The summed E-state index contributed by atoms with van der Waals surface area (Å²) >= 11 is 6.37. The van der Waals surface area contributed by atoms with Gasteiger partial charge in [-0.2, -0.15) is 0 Å². The number of benzene rings is 2. The number of nitrogens with one attached hydrogen (secondary N) is 1. The van der Waals surface area contributed by atoms with Gasteiger partial charge < -0.3 is 15.0 Å². The standard InChI is InChI=1S/C22H28ClN3O2/c1-15-19(10-11-26(15)14-16-8-6-5-7-9-16)24-22(27)17-12-18(23)20(25(2)3)13-21(17)28-4/h5-9,12-13,15,19H,10-11,14H2,1-4H3,(H,24,27). The molecule has 0 bridgehead atoms. The Morgan fingerprint density at radius 1 is 1.29 bits per heavy atom. The van der Waals surface area contributed by atoms with Gasteiger partial charge in [0, 0.05) is 45.3 Å². The van der Waals surface area contributed by atoms with Crippen LogP contribution in [0.3, 0.4) is 0 Å². The van der Waals surface area contributed by atoms with Crippen molar-refractivity contribution < 1.29 is 9.53 Å². The normalized spacial score (nSPS) is 19.5. The summed E-state index contributed by atoms with van der Waals surface area (Å²) in [5, 5.41) is 3.71. The molecule has 1 N–H and O–H groups in total. The molecule has 1 aliphatic rings. The van der Waals surface area contributed by atoms with Crippen LogP contribution < -0.4 is 15.0 Å². The molecule has 1 amide bonds. The summed E-state index contributed by atoms with van der Waals surface area (Å²) in [5.74, 6) is 0.375. The van der Waals surface area contributed by atoms with Gasteiger partial charge in [-0.1, -0.05) is 41.9 Å². The summed E-state index contributed by atoms with van der Waals surface area (Å²) in [7, 11) is 5.38. The molecule has 0 spiro atoms. The van der Waals surface area contributed by atoms with E-state index in [2.05, 4.69) is 41.4 Å². The summed E-state index contributed by atoms with van der Waals surface area (Å²) in [6.45, 7) is 4.01. The minimum absolute atomic E-state index is 0.0909. The first-order valence-corrected chi connectivity index (χ1v) is 9.92. The van der Waals surface area contributed by atoms with E-state index >= 15 is 0 Å². The molecule has 5 nitrogen and oxygen atoms in total. The van der Waals surface area contributed by atoms with E-state index in [1.807, 2.05) is 25.1 Å². The third-order valence-corrected chi connectivity index (χ3v) is 5.73. The molecule has 2 aromatic rings. The fourth-order valence-corrected chi connectivity index (χ4v) is 4.05. The van der Waals surface area contributed by atoms with Gasteiger partial charge in [0.1, 0.15) is 5.75 Å². The van der Waals surface area contributed by atoms with Crippen molar-refractivity contribution in [1.82, 2.24) is 10.2 Å². The lowest BCUT2D eigenvalue weighted by Gasteiger charge is -2.25. The molecule has 3 rings (SSSR count). The molecule has 28 heavy (non-hydrogen) atoms. The molecule has 150 valence electrons. The molecule has 2 aromatic carbocycles. The first kappa shape index (κ1) is 20.5. The largest absolute Gasteiger partial charge is 0.496 e. The van der Waals surface area contributed by atoms with Gasteiger partial charge in [-0.25, -0.2) is 0 Å². The van der Waals surface area contributed by atoms with Gasteiger partial charge in [-0.05, 0) is 25.0 Å². The number of carbonyl (C=O) groups excluding carboxylic acids is 1. The number of amides is 1. The van der Waals surface area contributed by atoms with E-state index in [1.54, 1.807) is 19.2 Å². The average molecular weight is 402 g/mol. The van der Waals surface area contributed by atoms with Crippen LogP contribution in [0.15, 0.2) is 42.5 Å². The molecule has 2 atom stereocenters. The second-order valence-electron chi connectivity index (χ2n) is 7.46. The highest BCUT2D eigenvalue weighted by atomic mass is 35.5. The van der Waals surface area contributed by atoms with Crippen molar-refractivity contribution in [2.24, 2.45) is 0 Å². The quantitative estimate of drug-likeness (QED) is 0.799. The predicted octanol–water partition coefficient (Wildman–Crippen LogP) is 3.81. The number of rotatable bonds is 6. The van der Waals surface area contributed by atoms with Crippen LogP contribution in [0.1, 0.15) is 29.3 Å². The second kappa shape index (κ2) is 8.84. The van der Waals surface area contributed by atoms with Crippen molar-refractivity contribution in [3.8, 4) is 5.75 Å². The van der Waals surface area contributed by atoms with Crippen molar-refractivity contribution in [3.05, 3.63) is 58.6 Å². The van der Waals surface area contributed by atoms with Gasteiger partial charge in [0.2, 0.25) is 0 Å². The lowest BCUT2D eigenvalue weighted by atomic mass is 10.1. The zero-order valence-electron chi connectivity index (χ0n) is 16.9. The minimum atomic E-state index is -0.150. The first-order chi connectivity index (χ1) is 13.4. The number of anilines is 1. The number of hydrogen-bond donors (Lipinski definition) is 1. The molecule has 2 unspecified atom stereocenters. The van der Waals surface area contributed by atoms with Crippen LogP contribution in [-0.2, 0) is 6.54 Å². The van der Waals surface area contributed by atoms with Crippen LogP contribution in [0.4, 0.5) is 5.69 Å². The monoisotopic (exact) mass is 401 g/mol. The second-order valence-corrected chi connectivity index (χ2v) is 7.87. The van der Waals surface area contributed by atoms with Crippen LogP contribution in [0.25, 0.3) is 0 Å². The van der Waals surface area contributed by atoms with E-state index in [1.165, 1.54) is 5.56 Å². The maximum absolute atomic E-state index is 12.9. The summed E-state index contributed by atoms with van der Waals surface area (Å²) < 4.78 is 5.45. The molecule has 0 saturated carbocycles. The molecule has 1 heterocycles. The van der Waals surface area contributed by atoms with Gasteiger partial charge in [0.15, 0.2) is 0 Å². The Morgan fingerprint density at radius 2 is 2.00 bits per heavy atom. The molecule has 0 aromatic heterocycles. The minimum Gasteiger partial charge on any atom is -0.496 e. The molecule has 1 aliphatic heterocycles. The average Bonchev–Trinajstić information content (AvgIpc) is 3.01. The first-order valence-electron chi connectivity index (χ1n) is 9.54. The Balaban J connectivity index is 1.70. The van der Waals surface area contributed by atoms with Crippen LogP contribution in [-0.4, -0.2) is 50.6 Å². The molecule has 0 aliphatic carbocycles. The number of hydrogen-bond acceptors (Lipinski definition) is 4. The Hall–Kier alpha value is -2.24. The highest BCUT2D eigenvalue weighted by Crippen LogP contribution is 2.33. The lowest BCUT2D eigenvalue weighted by Crippen LogP contribution is -2.43. The third kappa shape index (κ3) is 4.42. The van der Waals surface area contributed by atoms with Crippen molar-refractivity contribution in [2.45, 2.75) is 32.0 Å². The zero-order chi connectivity index (χ0) is 20.3. The molecule has 1 fully saturated rings. The molecule has 0 radical (unpaired) electrons. The number of ether oxygens (including phenoxy) is 1. The smallest absolute Gasteiger partial charge is 0.255 e. The van der Waals surface area contributed by atoms with Crippen molar-refractivity contribution >= 4 is 23.2 Å². The predicted molar refractivity (Wildman–Crippen MR) is 115 cm³/mol. The summed E-state index contributed by atoms with van der Waals surface area (Å²) in [5.41, 5.74) is 2.57. The van der Waals surface area contributed by atoms with E-state index in [9.17, 15) is 4.79 Å². The molecule has 1 saturated heterocycles. The van der Waals surface area contributed by atoms with Crippen LogP contribution in [0, 0.1) is 0 Å². The number of carbonyl (C=O) groups is 1. The highest BCUT2D eigenvalue weighted by Gasteiger charge is 2.32. The van der Waals surface area contributed by atoms with Crippen LogP contribution in [0.2, 0.25) is 5.02 Å². The SMILES string of the molecule is COc1cc(N(C)C)c(Cl)cc1C(=O)NC1CCN(Cc2ccccc2)C1C. The zero-order valence-corrected chi connectivity index (χ0v) is 17.7. The topological polar surface area (TPSA) is 44.8 Å². The Labute approximate surface area is 172 Å². The highest BCUT2D eigenvalue weighted by molar-refractivity contribution is 6.33. The number of halogens is 1. The number of likely N-dealkylation sites (tertiary alicyclic amines) is 1. The van der Waals surface area contributed by atoms with Crippen molar-refractivity contribution in [3.63, 3.8) is 0 Å². The Bertz CT molecular complexity index is 826. The van der Waals surface area contributed by atoms with E-state index in [-0.39, 0.29) is 18.0 Å². The number of nitrogens with zero attached hydrogens (tertiary/aromatic N) is 2. The van der Waals surface area contributed by atoms with Gasteiger partial charge in [-0.3, -0.25) is 9.69 Å². The van der Waals surface area contributed by atoms with Gasteiger partial charge in [0.05, 0.1) is 23.4 Å². The van der Waals surface area contributed by atoms with Crippen molar-refractivity contribution in [2.75, 3.05) is 32.6 Å². The lowest BCUT2D eigenvalue weighted by molar-refractivity contribution is 0.0924. The summed E-state index contributed by atoms with van der Waals surface area (Å²) in [6.07, 6.45) is 0.922. The van der Waals surface area contributed by atoms with E-state index < -0.39 is 0 Å². The Kier molecular flexibility index (Phi) is 6.47. The van der Waals surface area contributed by atoms with E-state index in [0.29, 0.717) is 16.3 Å². The Morgan fingerprint density at radius 3 is 2.64 bits per heavy atom. The number of methoxy groups -OCH3 is 1. The van der Waals surface area contributed by atoms with Gasteiger partial charge in [-0.15, -0.1) is 0 Å². The van der Waals surface area contributed by atoms with E-state index in [0.717, 1.165) is 25.2 Å². The molecular formula is C22H28ClN3O2. The van der Waals surface area contributed by atoms with Crippen LogP contribution in [0.5, 0.6) is 5.75 Å². The van der Waals surface area contributed by atoms with E-state index in [4.69, 9.17) is 16.3 Å². The van der Waals surface area contributed by atoms with Crippen molar-refractivity contribution in [1.29, 1.82) is 0 Å². The maximum atomic E-state index is 12.9.